The van der Waals surface area contributed by atoms with Gasteiger partial charge in [-0.1, -0.05) is 0 Å². The molecular formula is C15H17F2N3O4S. The number of nitrogens with one attached hydrogen (secondary N) is 1. The number of carbonyl (C=O) groups is 1. The quantitative estimate of drug-likeness (QED) is 0.805. The summed E-state index contributed by atoms with van der Waals surface area (Å²) in [6.45, 7) is 5.18. The van der Waals surface area contributed by atoms with Crippen LogP contribution in [0.5, 0.6) is 0 Å². The Morgan fingerprint density at radius 3 is 2.52 bits per heavy atom. The predicted octanol–water partition coefficient (Wildman–Crippen LogP) is 1.90. The van der Waals surface area contributed by atoms with Crippen LogP contribution in [-0.2, 0) is 21.4 Å². The van der Waals surface area contributed by atoms with Crippen molar-refractivity contribution in [1.29, 1.82) is 0 Å². The van der Waals surface area contributed by atoms with E-state index in [4.69, 9.17) is 0 Å². The topological polar surface area (TPSA) is 101 Å². The Hall–Kier alpha value is -2.33. The molecule has 0 radical (unpaired) electrons. The number of carboxylic acid groups (broad SMARTS) is 1. The number of nitrogens with zero attached hydrogens (tertiary/aromatic N) is 2. The number of hydrogen-bond acceptors (Lipinski definition) is 4. The van der Waals surface area contributed by atoms with Crippen molar-refractivity contribution >= 4 is 16.0 Å². The number of halogens is 2. The number of sulfonamides is 1. The highest BCUT2D eigenvalue weighted by atomic mass is 32.2. The van der Waals surface area contributed by atoms with Crippen LogP contribution < -0.4 is 4.72 Å². The minimum atomic E-state index is -4.34. The molecule has 1 aromatic carbocycles. The van der Waals surface area contributed by atoms with Crippen molar-refractivity contribution in [2.24, 2.45) is 0 Å². The van der Waals surface area contributed by atoms with Crippen molar-refractivity contribution in [2.45, 2.75) is 38.3 Å². The first-order valence-corrected chi connectivity index (χ1v) is 8.81. The Bertz CT molecular complexity index is 925. The zero-order valence-electron chi connectivity index (χ0n) is 13.7. The third-order valence-corrected chi connectivity index (χ3v) is 5.35. The fourth-order valence-electron chi connectivity index (χ4n) is 2.57. The van der Waals surface area contributed by atoms with Gasteiger partial charge in [-0.05, 0) is 39.0 Å². The van der Waals surface area contributed by atoms with E-state index in [0.29, 0.717) is 18.3 Å². The van der Waals surface area contributed by atoms with Crippen molar-refractivity contribution in [1.82, 2.24) is 14.5 Å². The van der Waals surface area contributed by atoms with Crippen LogP contribution in [0.3, 0.4) is 0 Å². The molecule has 0 aliphatic rings. The van der Waals surface area contributed by atoms with E-state index in [-0.39, 0.29) is 10.6 Å². The second kappa shape index (κ2) is 6.89. The average molecular weight is 373 g/mol. The molecule has 2 aromatic rings. The summed E-state index contributed by atoms with van der Waals surface area (Å²) in [5.74, 6) is -3.58. The molecule has 0 fully saturated rings. The largest absolute Gasteiger partial charge is 0.480 e. The number of hydrogen-bond donors (Lipinski definition) is 2. The van der Waals surface area contributed by atoms with E-state index in [0.717, 1.165) is 12.1 Å². The van der Waals surface area contributed by atoms with Crippen LogP contribution in [0.2, 0.25) is 0 Å². The van der Waals surface area contributed by atoms with Gasteiger partial charge >= 0.3 is 5.97 Å². The second-order valence-electron chi connectivity index (χ2n) is 5.37. The maximum atomic E-state index is 13.9. The normalized spacial score (nSPS) is 13.0. The van der Waals surface area contributed by atoms with E-state index in [1.165, 1.54) is 18.5 Å². The van der Waals surface area contributed by atoms with Crippen LogP contribution in [0.4, 0.5) is 8.78 Å². The van der Waals surface area contributed by atoms with Gasteiger partial charge in [0.15, 0.2) is 0 Å². The van der Waals surface area contributed by atoms with Gasteiger partial charge in [-0.15, -0.1) is 0 Å². The highest BCUT2D eigenvalue weighted by Crippen LogP contribution is 2.24. The van der Waals surface area contributed by atoms with E-state index in [1.54, 1.807) is 6.92 Å². The molecule has 0 saturated carbocycles. The van der Waals surface area contributed by atoms with Gasteiger partial charge in [0.05, 0.1) is 11.4 Å². The number of rotatable bonds is 6. The SMILES string of the molecule is CCn1nc(C)c(S(=O)(=O)NC(C(=O)O)c2cc(F)ccc2F)c1C. The van der Waals surface area contributed by atoms with Gasteiger partial charge in [-0.2, -0.15) is 9.82 Å². The molecule has 1 heterocycles. The van der Waals surface area contributed by atoms with E-state index < -0.39 is 39.2 Å². The molecule has 0 bridgehead atoms. The van der Waals surface area contributed by atoms with E-state index >= 15 is 0 Å². The molecule has 1 aromatic heterocycles. The van der Waals surface area contributed by atoms with Crippen LogP contribution in [0.25, 0.3) is 0 Å². The molecule has 2 N–H and O–H groups in total. The molecule has 0 saturated heterocycles. The zero-order valence-corrected chi connectivity index (χ0v) is 14.6. The number of carboxylic acids is 1. The first-order chi connectivity index (χ1) is 11.6. The number of benzene rings is 1. The monoisotopic (exact) mass is 373 g/mol. The minimum Gasteiger partial charge on any atom is -0.480 e. The third kappa shape index (κ3) is 3.69. The van der Waals surface area contributed by atoms with Gasteiger partial charge in [0, 0.05) is 12.1 Å². The number of aliphatic carboxylic acids is 1. The molecular weight excluding hydrogens is 356 g/mol. The smallest absolute Gasteiger partial charge is 0.326 e. The van der Waals surface area contributed by atoms with Crippen LogP contribution in [-0.4, -0.2) is 29.3 Å². The number of aromatic nitrogens is 2. The minimum absolute atomic E-state index is 0.177. The summed E-state index contributed by atoms with van der Waals surface area (Å²) < 4.78 is 55.9. The van der Waals surface area contributed by atoms with Crippen molar-refractivity contribution in [2.75, 3.05) is 0 Å². The van der Waals surface area contributed by atoms with Crippen LogP contribution in [0.15, 0.2) is 23.1 Å². The molecule has 0 aliphatic heterocycles. The van der Waals surface area contributed by atoms with Crippen molar-refractivity contribution in [3.8, 4) is 0 Å². The fourth-order valence-corrected chi connectivity index (χ4v) is 4.15. The van der Waals surface area contributed by atoms with Gasteiger partial charge < -0.3 is 5.11 Å². The van der Waals surface area contributed by atoms with Crippen molar-refractivity contribution < 1.29 is 27.1 Å². The Balaban J connectivity index is 2.51. The van der Waals surface area contributed by atoms with Gasteiger partial charge in [0.1, 0.15) is 22.6 Å². The maximum absolute atomic E-state index is 13.9. The lowest BCUT2D eigenvalue weighted by Crippen LogP contribution is -2.35. The molecule has 7 nitrogen and oxygen atoms in total. The summed E-state index contributed by atoms with van der Waals surface area (Å²) in [6, 6.07) is 0.211. The van der Waals surface area contributed by atoms with Gasteiger partial charge in [0.25, 0.3) is 0 Å². The summed E-state index contributed by atoms with van der Waals surface area (Å²) in [7, 11) is -4.34. The fraction of sp³-hybridized carbons (Fsp3) is 0.333. The molecule has 0 spiro atoms. The van der Waals surface area contributed by atoms with Crippen LogP contribution >= 0.6 is 0 Å². The molecule has 0 aliphatic carbocycles. The lowest BCUT2D eigenvalue weighted by Gasteiger charge is -2.16. The maximum Gasteiger partial charge on any atom is 0.326 e. The van der Waals surface area contributed by atoms with Crippen molar-refractivity contribution in [3.05, 3.63) is 46.8 Å². The Kier molecular flexibility index (Phi) is 5.23. The molecule has 1 atom stereocenters. The lowest BCUT2D eigenvalue weighted by atomic mass is 10.1. The first kappa shape index (κ1) is 19.0. The standard InChI is InChI=1S/C15H17F2N3O4S/c1-4-20-9(3)14(8(2)18-20)25(23,24)19-13(15(21)22)11-7-10(16)5-6-12(11)17/h5-7,13,19H,4H2,1-3H3,(H,21,22). The van der Waals surface area contributed by atoms with E-state index in [9.17, 15) is 27.1 Å². The van der Waals surface area contributed by atoms with Crippen molar-refractivity contribution in [3.63, 3.8) is 0 Å². The summed E-state index contributed by atoms with van der Waals surface area (Å²) >= 11 is 0. The Morgan fingerprint density at radius 1 is 1.36 bits per heavy atom. The van der Waals surface area contributed by atoms with E-state index in [2.05, 4.69) is 5.10 Å². The highest BCUT2D eigenvalue weighted by Gasteiger charge is 2.32. The molecule has 2 rings (SSSR count). The summed E-state index contributed by atoms with van der Waals surface area (Å²) in [5, 5.41) is 13.4. The van der Waals surface area contributed by atoms with Crippen LogP contribution in [0.1, 0.15) is 29.9 Å². The summed E-state index contributed by atoms with van der Waals surface area (Å²) in [4.78, 5) is 11.3. The lowest BCUT2D eigenvalue weighted by molar-refractivity contribution is -0.139. The average Bonchev–Trinajstić information content (AvgIpc) is 2.82. The first-order valence-electron chi connectivity index (χ1n) is 7.32. The molecule has 10 heteroatoms. The molecule has 25 heavy (non-hydrogen) atoms. The van der Waals surface area contributed by atoms with Gasteiger partial charge in [-0.25, -0.2) is 17.2 Å². The molecule has 136 valence electrons. The van der Waals surface area contributed by atoms with Gasteiger partial charge in [-0.3, -0.25) is 9.48 Å². The summed E-state index contributed by atoms with van der Waals surface area (Å²) in [5.41, 5.74) is -0.124. The van der Waals surface area contributed by atoms with Gasteiger partial charge in [0.2, 0.25) is 10.0 Å². The molecule has 1 unspecified atom stereocenters. The highest BCUT2D eigenvalue weighted by molar-refractivity contribution is 7.89. The zero-order chi connectivity index (χ0) is 18.9. The van der Waals surface area contributed by atoms with Crippen LogP contribution in [0, 0.1) is 25.5 Å². The predicted molar refractivity (Wildman–Crippen MR) is 84.4 cm³/mol. The Labute approximate surface area is 143 Å². The van der Waals surface area contributed by atoms with E-state index in [1.807, 2.05) is 4.72 Å². The summed E-state index contributed by atoms with van der Waals surface area (Å²) in [6.07, 6.45) is 0. The Morgan fingerprint density at radius 2 is 2.00 bits per heavy atom. The third-order valence-electron chi connectivity index (χ3n) is 3.67. The molecule has 0 amide bonds. The second-order valence-corrected chi connectivity index (χ2v) is 7.02. The number of aryl methyl sites for hydroxylation is 2.